The number of hydrogen-bond acceptors (Lipinski definition) is 3. The number of pyridine rings is 1. The number of carbonyl (C=O) groups is 1. The quantitative estimate of drug-likeness (QED) is 0.681. The van der Waals surface area contributed by atoms with Crippen molar-refractivity contribution in [3.8, 4) is 0 Å². The number of amides is 2. The fourth-order valence-electron chi connectivity index (χ4n) is 2.49. The molecule has 1 aromatic carbocycles. The Labute approximate surface area is 147 Å². The smallest absolute Gasteiger partial charge is 0.326 e. The van der Waals surface area contributed by atoms with E-state index in [1.165, 1.54) is 12.1 Å². The Morgan fingerprint density at radius 3 is 2.80 bits per heavy atom. The normalized spacial score (nSPS) is 12.1. The third kappa shape index (κ3) is 4.48. The number of carbonyl (C=O) groups excluding carboxylic acids is 1. The van der Waals surface area contributed by atoms with Crippen LogP contribution in [0.25, 0.3) is 11.0 Å². The summed E-state index contributed by atoms with van der Waals surface area (Å²) in [5.41, 5.74) is 1.23. The summed E-state index contributed by atoms with van der Waals surface area (Å²) in [6, 6.07) is 8.31. The highest BCUT2D eigenvalue weighted by Gasteiger charge is 2.11. The van der Waals surface area contributed by atoms with Gasteiger partial charge in [0.05, 0.1) is 12.1 Å². The van der Waals surface area contributed by atoms with Crippen LogP contribution in [0.2, 0.25) is 0 Å². The Morgan fingerprint density at radius 1 is 1.28 bits per heavy atom. The van der Waals surface area contributed by atoms with Gasteiger partial charge in [-0.05, 0) is 49.2 Å². The van der Waals surface area contributed by atoms with Gasteiger partial charge in [-0.2, -0.15) is 0 Å². The summed E-state index contributed by atoms with van der Waals surface area (Å²) in [6.07, 6.45) is 3.81. The molecule has 0 aliphatic carbocycles. The molecule has 2 N–H and O–H groups in total. The molecule has 0 spiro atoms. The van der Waals surface area contributed by atoms with Crippen molar-refractivity contribution in [3.05, 3.63) is 66.0 Å². The van der Waals surface area contributed by atoms with Crippen LogP contribution >= 0.6 is 12.1 Å². The summed E-state index contributed by atoms with van der Waals surface area (Å²) in [7, 11) is 0. The van der Waals surface area contributed by atoms with E-state index in [2.05, 4.69) is 15.0 Å². The number of nitrogens with one attached hydrogen (secondary N) is 2. The maximum absolute atomic E-state index is 13.2. The van der Waals surface area contributed by atoms with Gasteiger partial charge < -0.3 is 5.32 Å². The number of halogens is 2. The van der Waals surface area contributed by atoms with Gasteiger partial charge in [0.2, 0.25) is 0 Å². The third-order valence-electron chi connectivity index (χ3n) is 3.49. The number of nitrogens with zero attached hydrogens (tertiary/aromatic N) is 2. The minimum Gasteiger partial charge on any atom is -0.335 e. The highest BCUT2D eigenvalue weighted by Crippen LogP contribution is 2.16. The summed E-state index contributed by atoms with van der Waals surface area (Å²) in [6.45, 7) is 1.76. The van der Waals surface area contributed by atoms with E-state index < -0.39 is 17.7 Å². The van der Waals surface area contributed by atoms with Crippen LogP contribution in [-0.4, -0.2) is 21.0 Å². The standard InChI is InChI=1S/C17H16F2N4OS/c1-11(7-12-8-14(18)10-15(19)9-12)21-17(24)22-25-23-6-4-13-3-2-5-20-16(13)23/h2-6,8-11H,7H2,1H3,(H2,21,22,24). The highest BCUT2D eigenvalue weighted by molar-refractivity contribution is 7.96. The molecule has 0 fully saturated rings. The Hall–Kier alpha value is -2.61. The van der Waals surface area contributed by atoms with E-state index in [1.807, 2.05) is 24.4 Å². The van der Waals surface area contributed by atoms with Gasteiger partial charge in [-0.25, -0.2) is 18.6 Å². The molecule has 3 aromatic rings. The molecule has 0 saturated heterocycles. The van der Waals surface area contributed by atoms with Gasteiger partial charge in [0.15, 0.2) is 5.65 Å². The summed E-state index contributed by atoms with van der Waals surface area (Å²) in [5, 5.41) is 3.70. The molecule has 8 heteroatoms. The average molecular weight is 362 g/mol. The first-order valence-electron chi connectivity index (χ1n) is 7.62. The van der Waals surface area contributed by atoms with Gasteiger partial charge >= 0.3 is 6.03 Å². The Kier molecular flexibility index (Phi) is 5.18. The molecular formula is C17H16F2N4OS. The molecule has 2 amide bonds. The molecule has 2 aromatic heterocycles. The highest BCUT2D eigenvalue weighted by atomic mass is 32.2. The number of rotatable bonds is 5. The number of benzene rings is 1. The Morgan fingerprint density at radius 2 is 2.04 bits per heavy atom. The number of urea groups is 1. The summed E-state index contributed by atoms with van der Waals surface area (Å²) in [5.74, 6) is -1.26. The van der Waals surface area contributed by atoms with Crippen LogP contribution in [0.3, 0.4) is 0 Å². The van der Waals surface area contributed by atoms with Crippen molar-refractivity contribution < 1.29 is 13.6 Å². The molecule has 5 nitrogen and oxygen atoms in total. The van der Waals surface area contributed by atoms with Gasteiger partial charge in [-0.3, -0.25) is 8.69 Å². The molecule has 1 unspecified atom stereocenters. The lowest BCUT2D eigenvalue weighted by molar-refractivity contribution is 0.243. The molecule has 1 atom stereocenters. The first-order valence-corrected chi connectivity index (χ1v) is 8.39. The second-order valence-corrected chi connectivity index (χ2v) is 6.39. The molecule has 0 saturated carbocycles. The lowest BCUT2D eigenvalue weighted by Gasteiger charge is -2.14. The van der Waals surface area contributed by atoms with Crippen molar-refractivity contribution in [2.75, 3.05) is 0 Å². The van der Waals surface area contributed by atoms with E-state index in [1.54, 1.807) is 17.1 Å². The number of hydrogen-bond donors (Lipinski definition) is 2. The molecule has 0 radical (unpaired) electrons. The maximum Gasteiger partial charge on any atom is 0.326 e. The fraction of sp³-hybridized carbons (Fsp3) is 0.176. The van der Waals surface area contributed by atoms with Crippen LogP contribution in [0.5, 0.6) is 0 Å². The monoisotopic (exact) mass is 362 g/mol. The van der Waals surface area contributed by atoms with Gasteiger partial charge in [-0.15, -0.1) is 0 Å². The lowest BCUT2D eigenvalue weighted by Crippen LogP contribution is -2.39. The van der Waals surface area contributed by atoms with Crippen LogP contribution in [0.15, 0.2) is 48.8 Å². The SMILES string of the molecule is CC(Cc1cc(F)cc(F)c1)NC(=O)NSn1ccc2cccnc21. The first-order chi connectivity index (χ1) is 12.0. The van der Waals surface area contributed by atoms with Crippen LogP contribution in [0.1, 0.15) is 12.5 Å². The van der Waals surface area contributed by atoms with Crippen LogP contribution in [0.4, 0.5) is 13.6 Å². The van der Waals surface area contributed by atoms with Gasteiger partial charge in [0.1, 0.15) is 11.6 Å². The molecule has 25 heavy (non-hydrogen) atoms. The second-order valence-electron chi connectivity index (χ2n) is 5.61. The zero-order chi connectivity index (χ0) is 17.8. The average Bonchev–Trinajstić information content (AvgIpc) is 2.95. The fourth-order valence-corrected chi connectivity index (χ4v) is 3.09. The molecular weight excluding hydrogens is 346 g/mol. The van der Waals surface area contributed by atoms with Crippen molar-refractivity contribution in [1.29, 1.82) is 0 Å². The topological polar surface area (TPSA) is 59.0 Å². The van der Waals surface area contributed by atoms with Crippen molar-refractivity contribution >= 4 is 29.2 Å². The predicted molar refractivity (Wildman–Crippen MR) is 93.9 cm³/mol. The summed E-state index contributed by atoms with van der Waals surface area (Å²) < 4.78 is 30.8. The van der Waals surface area contributed by atoms with Gasteiger partial charge in [0, 0.05) is 29.9 Å². The minimum absolute atomic E-state index is 0.290. The zero-order valence-corrected chi connectivity index (χ0v) is 14.2. The second kappa shape index (κ2) is 7.52. The predicted octanol–water partition coefficient (Wildman–Crippen LogP) is 3.66. The van der Waals surface area contributed by atoms with Crippen LogP contribution < -0.4 is 10.0 Å². The molecule has 130 valence electrons. The van der Waals surface area contributed by atoms with Gasteiger partial charge in [0.25, 0.3) is 0 Å². The van der Waals surface area contributed by atoms with Crippen molar-refractivity contribution in [1.82, 2.24) is 19.0 Å². The maximum atomic E-state index is 13.2. The minimum atomic E-state index is -0.630. The van der Waals surface area contributed by atoms with Gasteiger partial charge in [-0.1, -0.05) is 0 Å². The van der Waals surface area contributed by atoms with E-state index in [0.29, 0.717) is 12.0 Å². The molecule has 0 aliphatic heterocycles. The van der Waals surface area contributed by atoms with Crippen molar-refractivity contribution in [3.63, 3.8) is 0 Å². The van der Waals surface area contributed by atoms with E-state index in [0.717, 1.165) is 29.2 Å². The third-order valence-corrected chi connectivity index (χ3v) is 4.26. The first kappa shape index (κ1) is 17.2. The molecule has 2 heterocycles. The molecule has 0 aliphatic rings. The molecule has 3 rings (SSSR count). The number of fused-ring (bicyclic) bond motifs is 1. The largest absolute Gasteiger partial charge is 0.335 e. The van der Waals surface area contributed by atoms with Crippen LogP contribution in [0, 0.1) is 11.6 Å². The zero-order valence-electron chi connectivity index (χ0n) is 13.4. The van der Waals surface area contributed by atoms with Crippen molar-refractivity contribution in [2.24, 2.45) is 0 Å². The lowest BCUT2D eigenvalue weighted by atomic mass is 10.1. The molecule has 0 bridgehead atoms. The van der Waals surface area contributed by atoms with E-state index in [4.69, 9.17) is 0 Å². The number of aromatic nitrogens is 2. The van der Waals surface area contributed by atoms with Crippen molar-refractivity contribution in [2.45, 2.75) is 19.4 Å². The Bertz CT molecular complexity index is 879. The Balaban J connectivity index is 1.53. The van der Waals surface area contributed by atoms with E-state index in [-0.39, 0.29) is 6.04 Å². The van der Waals surface area contributed by atoms with E-state index >= 15 is 0 Å². The summed E-state index contributed by atoms with van der Waals surface area (Å²) >= 11 is 1.09. The summed E-state index contributed by atoms with van der Waals surface area (Å²) in [4.78, 5) is 16.2. The van der Waals surface area contributed by atoms with Crippen LogP contribution in [-0.2, 0) is 6.42 Å². The van der Waals surface area contributed by atoms with E-state index in [9.17, 15) is 13.6 Å².